The van der Waals surface area contributed by atoms with Crippen LogP contribution in [0.4, 0.5) is 0 Å². The number of aromatic nitrogens is 1. The number of hydrogen-bond acceptors (Lipinski definition) is 3. The van der Waals surface area contributed by atoms with E-state index < -0.39 is 0 Å². The second kappa shape index (κ2) is 5.41. The summed E-state index contributed by atoms with van der Waals surface area (Å²) in [7, 11) is 0. The second-order valence-electron chi connectivity index (χ2n) is 5.70. The van der Waals surface area contributed by atoms with Gasteiger partial charge in [-0.1, -0.05) is 13.0 Å². The normalized spacial score (nSPS) is 16.6. The molecule has 0 saturated heterocycles. The quantitative estimate of drug-likeness (QED) is 0.846. The van der Waals surface area contributed by atoms with Crippen LogP contribution in [0.2, 0.25) is 0 Å². The Bertz CT molecular complexity index is 615. The van der Waals surface area contributed by atoms with E-state index in [0.29, 0.717) is 0 Å². The summed E-state index contributed by atoms with van der Waals surface area (Å²) < 4.78 is 5.94. The first-order chi connectivity index (χ1) is 9.67. The van der Waals surface area contributed by atoms with Crippen molar-refractivity contribution < 1.29 is 4.42 Å². The smallest absolute Gasteiger partial charge is 0.222 e. The molecule has 1 aromatic carbocycles. The van der Waals surface area contributed by atoms with Crippen molar-refractivity contribution in [2.24, 2.45) is 0 Å². The van der Waals surface area contributed by atoms with Gasteiger partial charge in [0.1, 0.15) is 5.52 Å². The Morgan fingerprint density at radius 3 is 2.75 bits per heavy atom. The van der Waals surface area contributed by atoms with Gasteiger partial charge >= 0.3 is 0 Å². The lowest BCUT2D eigenvalue weighted by Crippen LogP contribution is -2.29. The van der Waals surface area contributed by atoms with Gasteiger partial charge in [0.15, 0.2) is 5.58 Å². The molecule has 0 spiro atoms. The largest absolute Gasteiger partial charge is 0.436 e. The van der Waals surface area contributed by atoms with Crippen molar-refractivity contribution in [3.8, 4) is 0 Å². The van der Waals surface area contributed by atoms with E-state index in [1.54, 1.807) is 0 Å². The van der Waals surface area contributed by atoms with Crippen LogP contribution in [0.25, 0.3) is 16.7 Å². The fourth-order valence-electron chi connectivity index (χ4n) is 2.74. The molecule has 1 aliphatic rings. The van der Waals surface area contributed by atoms with E-state index in [-0.39, 0.29) is 0 Å². The monoisotopic (exact) mass is 270 g/mol. The van der Waals surface area contributed by atoms with E-state index in [4.69, 9.17) is 4.42 Å². The zero-order chi connectivity index (χ0) is 14.1. The van der Waals surface area contributed by atoms with Crippen molar-refractivity contribution in [2.75, 3.05) is 19.6 Å². The summed E-state index contributed by atoms with van der Waals surface area (Å²) in [5.74, 6) is 0.807. The van der Waals surface area contributed by atoms with Crippen LogP contribution in [0.1, 0.15) is 36.8 Å². The third-order valence-corrected chi connectivity index (χ3v) is 4.11. The van der Waals surface area contributed by atoms with E-state index in [1.807, 2.05) is 0 Å². The molecule has 1 aromatic heterocycles. The lowest BCUT2D eigenvalue weighted by atomic mass is 10.1. The Hall–Kier alpha value is -1.61. The number of hydrogen-bond donors (Lipinski definition) is 0. The van der Waals surface area contributed by atoms with Crippen LogP contribution in [0.3, 0.4) is 0 Å². The number of aryl methyl sites for hydroxylation is 2. The predicted molar refractivity (Wildman–Crippen MR) is 82.8 cm³/mol. The zero-order valence-electron chi connectivity index (χ0n) is 12.6. The van der Waals surface area contributed by atoms with Crippen LogP contribution in [-0.2, 0) is 0 Å². The molecule has 0 fully saturated rings. The van der Waals surface area contributed by atoms with Gasteiger partial charge in [0.05, 0.1) is 0 Å². The molecule has 3 rings (SSSR count). The van der Waals surface area contributed by atoms with E-state index in [9.17, 15) is 0 Å². The van der Waals surface area contributed by atoms with Gasteiger partial charge < -0.3 is 4.42 Å². The van der Waals surface area contributed by atoms with Crippen molar-refractivity contribution in [3.05, 3.63) is 35.2 Å². The Balaban J connectivity index is 1.88. The average Bonchev–Trinajstić information content (AvgIpc) is 2.83. The number of fused-ring (bicyclic) bond motifs is 1. The fraction of sp³-hybridized carbons (Fsp3) is 0.471. The van der Waals surface area contributed by atoms with E-state index in [0.717, 1.165) is 36.5 Å². The first-order valence-corrected chi connectivity index (χ1v) is 7.47. The van der Waals surface area contributed by atoms with Crippen LogP contribution >= 0.6 is 0 Å². The van der Waals surface area contributed by atoms with Crippen molar-refractivity contribution in [3.63, 3.8) is 0 Å². The SMILES string of the molecule is CCCN1CC=C(c2nc3cc(C)c(C)cc3o2)CC1. The number of benzene rings is 1. The number of rotatable bonds is 3. The summed E-state index contributed by atoms with van der Waals surface area (Å²) in [6.07, 6.45) is 4.51. The first kappa shape index (κ1) is 13.4. The molecule has 106 valence electrons. The maximum Gasteiger partial charge on any atom is 0.222 e. The minimum Gasteiger partial charge on any atom is -0.436 e. The van der Waals surface area contributed by atoms with Gasteiger partial charge in [0, 0.05) is 18.7 Å². The molecule has 3 heteroatoms. The second-order valence-corrected chi connectivity index (χ2v) is 5.70. The Kier molecular flexibility index (Phi) is 3.62. The maximum absolute atomic E-state index is 5.94. The highest BCUT2D eigenvalue weighted by molar-refractivity contribution is 5.77. The van der Waals surface area contributed by atoms with Crippen molar-refractivity contribution in [1.29, 1.82) is 0 Å². The van der Waals surface area contributed by atoms with Gasteiger partial charge in [-0.3, -0.25) is 4.90 Å². The minimum atomic E-state index is 0.807. The van der Waals surface area contributed by atoms with E-state index in [1.165, 1.54) is 29.7 Å². The van der Waals surface area contributed by atoms with Gasteiger partial charge in [-0.25, -0.2) is 4.98 Å². The molecule has 0 N–H and O–H groups in total. The summed E-state index contributed by atoms with van der Waals surface area (Å²) in [5, 5.41) is 0. The van der Waals surface area contributed by atoms with Gasteiger partial charge in [-0.15, -0.1) is 0 Å². The molecule has 0 unspecified atom stereocenters. The number of nitrogens with zero attached hydrogens (tertiary/aromatic N) is 2. The molecule has 0 aliphatic carbocycles. The molecule has 0 radical (unpaired) electrons. The molecule has 0 bridgehead atoms. The van der Waals surface area contributed by atoms with Crippen LogP contribution in [0, 0.1) is 13.8 Å². The van der Waals surface area contributed by atoms with Crippen molar-refractivity contribution in [1.82, 2.24) is 9.88 Å². The zero-order valence-corrected chi connectivity index (χ0v) is 12.6. The molecular weight excluding hydrogens is 248 g/mol. The highest BCUT2D eigenvalue weighted by Gasteiger charge is 2.16. The minimum absolute atomic E-state index is 0.807. The predicted octanol–water partition coefficient (Wildman–Crippen LogP) is 3.94. The van der Waals surface area contributed by atoms with E-state index >= 15 is 0 Å². The van der Waals surface area contributed by atoms with Crippen LogP contribution < -0.4 is 0 Å². The Morgan fingerprint density at radius 1 is 1.25 bits per heavy atom. The molecule has 2 heterocycles. The highest BCUT2D eigenvalue weighted by atomic mass is 16.3. The van der Waals surface area contributed by atoms with Crippen LogP contribution in [0.15, 0.2) is 22.6 Å². The summed E-state index contributed by atoms with van der Waals surface area (Å²) in [6, 6.07) is 4.21. The standard InChI is InChI=1S/C17H22N2O/c1-4-7-19-8-5-14(6-9-19)17-18-15-10-12(2)13(3)11-16(15)20-17/h5,10-11H,4,6-9H2,1-3H3. The summed E-state index contributed by atoms with van der Waals surface area (Å²) in [6.45, 7) is 9.75. The average molecular weight is 270 g/mol. The summed E-state index contributed by atoms with van der Waals surface area (Å²) in [4.78, 5) is 7.13. The van der Waals surface area contributed by atoms with Gasteiger partial charge in [0.25, 0.3) is 0 Å². The number of oxazole rings is 1. The Labute approximate surface area is 120 Å². The van der Waals surface area contributed by atoms with Crippen LogP contribution in [0.5, 0.6) is 0 Å². The van der Waals surface area contributed by atoms with Crippen molar-refractivity contribution >= 4 is 16.7 Å². The molecular formula is C17H22N2O. The van der Waals surface area contributed by atoms with Gasteiger partial charge in [-0.2, -0.15) is 0 Å². The first-order valence-electron chi connectivity index (χ1n) is 7.47. The summed E-state index contributed by atoms with van der Waals surface area (Å²) in [5.41, 5.74) is 5.65. The topological polar surface area (TPSA) is 29.3 Å². The van der Waals surface area contributed by atoms with E-state index in [2.05, 4.69) is 48.9 Å². The third-order valence-electron chi connectivity index (χ3n) is 4.11. The Morgan fingerprint density at radius 2 is 2.05 bits per heavy atom. The lowest BCUT2D eigenvalue weighted by Gasteiger charge is -2.24. The molecule has 2 aromatic rings. The fourth-order valence-corrected chi connectivity index (χ4v) is 2.74. The summed E-state index contributed by atoms with van der Waals surface area (Å²) >= 11 is 0. The molecule has 0 atom stereocenters. The van der Waals surface area contributed by atoms with Gasteiger partial charge in [-0.05, 0) is 56.5 Å². The molecule has 20 heavy (non-hydrogen) atoms. The van der Waals surface area contributed by atoms with Gasteiger partial charge in [0.2, 0.25) is 5.89 Å². The molecule has 0 saturated carbocycles. The highest BCUT2D eigenvalue weighted by Crippen LogP contribution is 2.27. The molecule has 3 nitrogen and oxygen atoms in total. The maximum atomic E-state index is 5.94. The van der Waals surface area contributed by atoms with Crippen molar-refractivity contribution in [2.45, 2.75) is 33.6 Å². The lowest BCUT2D eigenvalue weighted by molar-refractivity contribution is 0.301. The van der Waals surface area contributed by atoms with Crippen LogP contribution in [-0.4, -0.2) is 29.5 Å². The third kappa shape index (κ3) is 2.50. The molecule has 1 aliphatic heterocycles. The molecule has 0 amide bonds.